The zero-order valence-electron chi connectivity index (χ0n) is 8.29. The second-order valence-corrected chi connectivity index (χ2v) is 2.86. The Kier molecular flexibility index (Phi) is 3.06. The van der Waals surface area contributed by atoms with Crippen LogP contribution in [0.25, 0.3) is 0 Å². The summed E-state index contributed by atoms with van der Waals surface area (Å²) in [4.78, 5) is 20.0. The first kappa shape index (κ1) is 9.77. The van der Waals surface area contributed by atoms with Crippen molar-refractivity contribution < 1.29 is 0 Å². The van der Waals surface area contributed by atoms with E-state index in [2.05, 4.69) is 9.97 Å². The van der Waals surface area contributed by atoms with Crippen molar-refractivity contribution in [3.05, 3.63) is 22.2 Å². The largest absolute Gasteiger partial charge is 0.357 e. The number of nitrogens with zero attached hydrogens (tertiary/aromatic N) is 2. The van der Waals surface area contributed by atoms with E-state index in [4.69, 9.17) is 0 Å². The topological polar surface area (TPSA) is 49.0 Å². The first-order chi connectivity index (χ1) is 6.17. The van der Waals surface area contributed by atoms with Gasteiger partial charge in [0, 0.05) is 19.2 Å². The Morgan fingerprint density at radius 3 is 2.54 bits per heavy atom. The van der Waals surface area contributed by atoms with E-state index in [-0.39, 0.29) is 5.56 Å². The maximum absolute atomic E-state index is 11.1. The lowest BCUT2D eigenvalue weighted by molar-refractivity contribution is 0.830. The minimum absolute atomic E-state index is 0.0885. The molecule has 1 heterocycles. The Bertz CT molecular complexity index is 328. The molecule has 0 aliphatic heterocycles. The number of nitrogens with one attached hydrogen (secondary N) is 1. The number of aryl methyl sites for hydroxylation is 1. The van der Waals surface area contributed by atoms with Crippen molar-refractivity contribution in [3.63, 3.8) is 0 Å². The predicted octanol–water partition coefficient (Wildman–Crippen LogP) is 0.925. The van der Waals surface area contributed by atoms with E-state index >= 15 is 0 Å². The minimum atomic E-state index is -0.0885. The molecule has 13 heavy (non-hydrogen) atoms. The zero-order valence-corrected chi connectivity index (χ0v) is 8.29. The zero-order chi connectivity index (χ0) is 9.84. The SMILES string of the molecule is CCN(CC)c1cc(=O)[nH]c(C)n1. The average molecular weight is 181 g/mol. The summed E-state index contributed by atoms with van der Waals surface area (Å²) in [5.41, 5.74) is -0.0885. The molecule has 0 atom stereocenters. The van der Waals surface area contributed by atoms with Crippen LogP contribution in [0.5, 0.6) is 0 Å². The van der Waals surface area contributed by atoms with Crippen molar-refractivity contribution in [2.24, 2.45) is 0 Å². The lowest BCUT2D eigenvalue weighted by Crippen LogP contribution is -2.25. The molecule has 0 aromatic carbocycles. The molecule has 0 bridgehead atoms. The summed E-state index contributed by atoms with van der Waals surface area (Å²) in [6.45, 7) is 7.61. The van der Waals surface area contributed by atoms with Crippen LogP contribution in [0, 0.1) is 6.92 Å². The van der Waals surface area contributed by atoms with E-state index < -0.39 is 0 Å². The van der Waals surface area contributed by atoms with Crippen LogP contribution in [-0.4, -0.2) is 23.1 Å². The van der Waals surface area contributed by atoms with Gasteiger partial charge in [0.2, 0.25) is 0 Å². The van der Waals surface area contributed by atoms with Gasteiger partial charge in [0.05, 0.1) is 0 Å². The molecule has 1 aromatic rings. The number of aromatic nitrogens is 2. The van der Waals surface area contributed by atoms with Crippen LogP contribution >= 0.6 is 0 Å². The Morgan fingerprint density at radius 1 is 1.46 bits per heavy atom. The molecule has 0 spiro atoms. The molecular formula is C9H15N3O. The Hall–Kier alpha value is -1.32. The predicted molar refractivity (Wildman–Crippen MR) is 53.2 cm³/mol. The Labute approximate surface area is 77.6 Å². The minimum Gasteiger partial charge on any atom is -0.357 e. The van der Waals surface area contributed by atoms with Gasteiger partial charge >= 0.3 is 0 Å². The van der Waals surface area contributed by atoms with Crippen LogP contribution in [0.3, 0.4) is 0 Å². The number of hydrogen-bond acceptors (Lipinski definition) is 3. The highest BCUT2D eigenvalue weighted by Crippen LogP contribution is 2.05. The molecule has 0 amide bonds. The Morgan fingerprint density at radius 2 is 2.08 bits per heavy atom. The van der Waals surface area contributed by atoms with Crippen molar-refractivity contribution in [2.75, 3.05) is 18.0 Å². The number of H-pyrrole nitrogens is 1. The van der Waals surface area contributed by atoms with Crippen molar-refractivity contribution in [1.29, 1.82) is 0 Å². The molecule has 1 N–H and O–H groups in total. The molecule has 0 unspecified atom stereocenters. The second kappa shape index (κ2) is 4.07. The molecule has 0 saturated carbocycles. The molecule has 0 fully saturated rings. The van der Waals surface area contributed by atoms with Crippen LogP contribution in [0.4, 0.5) is 5.82 Å². The smallest absolute Gasteiger partial charge is 0.252 e. The van der Waals surface area contributed by atoms with Gasteiger partial charge in [0.1, 0.15) is 11.6 Å². The molecule has 1 rings (SSSR count). The van der Waals surface area contributed by atoms with Gasteiger partial charge < -0.3 is 9.88 Å². The maximum Gasteiger partial charge on any atom is 0.252 e. The molecule has 72 valence electrons. The lowest BCUT2D eigenvalue weighted by Gasteiger charge is -2.19. The highest BCUT2D eigenvalue weighted by molar-refractivity contribution is 5.36. The first-order valence-corrected chi connectivity index (χ1v) is 4.50. The van der Waals surface area contributed by atoms with E-state index in [0.29, 0.717) is 5.82 Å². The number of anilines is 1. The van der Waals surface area contributed by atoms with Crippen molar-refractivity contribution in [3.8, 4) is 0 Å². The first-order valence-electron chi connectivity index (χ1n) is 4.50. The lowest BCUT2D eigenvalue weighted by atomic mass is 10.4. The van der Waals surface area contributed by atoms with Crippen LogP contribution in [-0.2, 0) is 0 Å². The molecule has 0 aliphatic rings. The standard InChI is InChI=1S/C9H15N3O/c1-4-12(5-2)8-6-9(13)11-7(3)10-8/h6H,4-5H2,1-3H3,(H,10,11,13). The number of rotatable bonds is 3. The van der Waals surface area contributed by atoms with E-state index in [9.17, 15) is 4.79 Å². The summed E-state index contributed by atoms with van der Waals surface area (Å²) in [6.07, 6.45) is 0. The van der Waals surface area contributed by atoms with Crippen LogP contribution in [0.2, 0.25) is 0 Å². The fourth-order valence-corrected chi connectivity index (χ4v) is 1.27. The van der Waals surface area contributed by atoms with Gasteiger partial charge in [-0.1, -0.05) is 0 Å². The fraction of sp³-hybridized carbons (Fsp3) is 0.556. The van der Waals surface area contributed by atoms with Gasteiger partial charge in [-0.25, -0.2) is 4.98 Å². The summed E-state index contributed by atoms with van der Waals surface area (Å²) in [5.74, 6) is 1.42. The number of hydrogen-bond donors (Lipinski definition) is 1. The normalized spacial score (nSPS) is 10.1. The third kappa shape index (κ3) is 2.31. The summed E-state index contributed by atoms with van der Waals surface area (Å²) in [7, 11) is 0. The van der Waals surface area contributed by atoms with Crippen molar-refractivity contribution >= 4 is 5.82 Å². The molecule has 0 saturated heterocycles. The molecule has 0 aliphatic carbocycles. The van der Waals surface area contributed by atoms with Gasteiger partial charge in [-0.3, -0.25) is 4.79 Å². The average Bonchev–Trinajstić information content (AvgIpc) is 2.04. The third-order valence-electron chi connectivity index (χ3n) is 1.93. The van der Waals surface area contributed by atoms with E-state index in [1.165, 1.54) is 6.07 Å². The highest BCUT2D eigenvalue weighted by Gasteiger charge is 2.04. The number of aromatic amines is 1. The molecule has 0 radical (unpaired) electrons. The van der Waals surface area contributed by atoms with E-state index in [0.717, 1.165) is 18.9 Å². The second-order valence-electron chi connectivity index (χ2n) is 2.86. The van der Waals surface area contributed by atoms with Gasteiger partial charge in [0.15, 0.2) is 0 Å². The maximum atomic E-state index is 11.1. The van der Waals surface area contributed by atoms with Gasteiger partial charge in [-0.05, 0) is 20.8 Å². The van der Waals surface area contributed by atoms with E-state index in [1.807, 2.05) is 18.7 Å². The highest BCUT2D eigenvalue weighted by atomic mass is 16.1. The molecule has 4 heteroatoms. The molecular weight excluding hydrogens is 166 g/mol. The molecule has 4 nitrogen and oxygen atoms in total. The van der Waals surface area contributed by atoms with Gasteiger partial charge in [0.25, 0.3) is 5.56 Å². The third-order valence-corrected chi connectivity index (χ3v) is 1.93. The summed E-state index contributed by atoms with van der Waals surface area (Å²) < 4.78 is 0. The monoisotopic (exact) mass is 181 g/mol. The van der Waals surface area contributed by atoms with Crippen LogP contribution < -0.4 is 10.5 Å². The Balaban J connectivity index is 3.06. The fourth-order valence-electron chi connectivity index (χ4n) is 1.27. The van der Waals surface area contributed by atoms with Crippen LogP contribution in [0.15, 0.2) is 10.9 Å². The quantitative estimate of drug-likeness (QED) is 0.754. The van der Waals surface area contributed by atoms with Gasteiger partial charge in [-0.2, -0.15) is 0 Å². The van der Waals surface area contributed by atoms with Gasteiger partial charge in [-0.15, -0.1) is 0 Å². The van der Waals surface area contributed by atoms with Crippen molar-refractivity contribution in [2.45, 2.75) is 20.8 Å². The van der Waals surface area contributed by atoms with Crippen LogP contribution in [0.1, 0.15) is 19.7 Å². The summed E-state index contributed by atoms with van der Waals surface area (Å²) in [6, 6.07) is 1.53. The summed E-state index contributed by atoms with van der Waals surface area (Å²) in [5, 5.41) is 0. The van der Waals surface area contributed by atoms with Crippen molar-refractivity contribution in [1.82, 2.24) is 9.97 Å². The van der Waals surface area contributed by atoms with E-state index in [1.54, 1.807) is 6.92 Å². The summed E-state index contributed by atoms with van der Waals surface area (Å²) >= 11 is 0. The molecule has 1 aromatic heterocycles.